The Kier molecular flexibility index (Phi) is 9.16. The van der Waals surface area contributed by atoms with E-state index < -0.39 is 10.8 Å². The van der Waals surface area contributed by atoms with E-state index in [2.05, 4.69) is 121 Å². The highest BCUT2D eigenvalue weighted by atomic mass is 16.5. The van der Waals surface area contributed by atoms with E-state index in [1.54, 1.807) is 0 Å². The van der Waals surface area contributed by atoms with Crippen LogP contribution in [-0.2, 0) is 20.4 Å². The van der Waals surface area contributed by atoms with Crippen LogP contribution < -0.4 is 9.47 Å². The summed E-state index contributed by atoms with van der Waals surface area (Å²) < 4.78 is 12.1. The number of carbonyl (C=O) groups excluding carboxylic acids is 2. The van der Waals surface area contributed by atoms with Crippen LogP contribution in [-0.4, -0.2) is 21.9 Å². The zero-order chi connectivity index (χ0) is 43.5. The van der Waals surface area contributed by atoms with Gasteiger partial charge in [0.1, 0.15) is 11.5 Å². The third kappa shape index (κ3) is 6.55. The van der Waals surface area contributed by atoms with Crippen LogP contribution in [0.2, 0.25) is 0 Å². The van der Waals surface area contributed by atoms with Crippen molar-refractivity contribution in [3.05, 3.63) is 216 Å². The van der Waals surface area contributed by atoms with E-state index in [-0.39, 0.29) is 24.8 Å². The number of hydrogen-bond acceptors (Lipinski definition) is 6. The molecule has 0 fully saturated rings. The molecule has 2 aliphatic carbocycles. The Balaban J connectivity index is 1.13. The second-order valence-corrected chi connectivity index (χ2v) is 17.6. The second-order valence-electron chi connectivity index (χ2n) is 17.6. The first-order valence-electron chi connectivity index (χ1n) is 22.3. The average Bonchev–Trinajstić information content (AvgIpc) is 3.74. The van der Waals surface area contributed by atoms with Crippen molar-refractivity contribution in [2.75, 3.05) is 0 Å². The van der Waals surface area contributed by atoms with Crippen molar-refractivity contribution in [3.63, 3.8) is 0 Å². The molecule has 8 aromatic carbocycles. The minimum absolute atomic E-state index is 0.132. The zero-order valence-electron chi connectivity index (χ0n) is 35.5. The Morgan fingerprint density at radius 3 is 1.14 bits per heavy atom. The standard InChI is InChI=1S/C59H42N2O4/c62-54(64-44-21-3-1-4-22-44)27-29-58(48-33-40-17-9-7-15-38(40)31-46(48)56-50(58)35-42-19-11-13-25-52(42)60-56)37-59(30-28-55(63)65-45-23-5-2-6-24-45)49-34-41-18-10-8-16-39(41)32-47(49)57-51(59)36-43-20-12-14-26-53(43)61-57/h1-26,31-36H,27-30,37H2. The summed E-state index contributed by atoms with van der Waals surface area (Å²) in [7, 11) is 0. The van der Waals surface area contributed by atoms with Gasteiger partial charge in [-0.25, -0.2) is 9.97 Å². The second kappa shape index (κ2) is 15.4. The third-order valence-electron chi connectivity index (χ3n) is 13.9. The lowest BCUT2D eigenvalue weighted by molar-refractivity contribution is -0.135. The van der Waals surface area contributed by atoms with Crippen molar-refractivity contribution in [3.8, 4) is 34.0 Å². The highest BCUT2D eigenvalue weighted by Gasteiger charge is 2.54. The lowest BCUT2D eigenvalue weighted by atomic mass is 9.59. The molecule has 2 unspecified atom stereocenters. The van der Waals surface area contributed by atoms with E-state index in [4.69, 9.17) is 19.4 Å². The number of fused-ring (bicyclic) bond motifs is 10. The van der Waals surface area contributed by atoms with Crippen molar-refractivity contribution in [2.24, 2.45) is 0 Å². The summed E-state index contributed by atoms with van der Waals surface area (Å²) in [6.07, 6.45) is 1.62. The van der Waals surface area contributed by atoms with Gasteiger partial charge in [-0.1, -0.05) is 121 Å². The summed E-state index contributed by atoms with van der Waals surface area (Å²) in [5.41, 5.74) is 8.46. The van der Waals surface area contributed by atoms with Crippen molar-refractivity contribution in [1.82, 2.24) is 9.97 Å². The van der Waals surface area contributed by atoms with E-state index in [1.807, 2.05) is 72.8 Å². The normalized spacial score (nSPS) is 16.9. The predicted molar refractivity (Wildman–Crippen MR) is 258 cm³/mol. The van der Waals surface area contributed by atoms with Gasteiger partial charge in [0.15, 0.2) is 0 Å². The smallest absolute Gasteiger partial charge is 0.311 e. The van der Waals surface area contributed by atoms with Gasteiger partial charge in [0, 0.05) is 45.6 Å². The quantitative estimate of drug-likeness (QED) is 0.101. The first kappa shape index (κ1) is 38.7. The van der Waals surface area contributed by atoms with Gasteiger partial charge < -0.3 is 9.47 Å². The summed E-state index contributed by atoms with van der Waals surface area (Å²) in [5, 5.41) is 6.47. The van der Waals surface area contributed by atoms with E-state index >= 15 is 0 Å². The van der Waals surface area contributed by atoms with E-state index in [0.29, 0.717) is 30.8 Å². The van der Waals surface area contributed by atoms with Gasteiger partial charge in [0.05, 0.1) is 22.4 Å². The Bertz CT molecular complexity index is 3120. The molecule has 6 heteroatoms. The maximum Gasteiger partial charge on any atom is 0.311 e. The number of para-hydroxylation sites is 4. The van der Waals surface area contributed by atoms with Crippen LogP contribution in [0.1, 0.15) is 54.4 Å². The minimum Gasteiger partial charge on any atom is -0.427 e. The fourth-order valence-electron chi connectivity index (χ4n) is 10.9. The number of pyridine rings is 2. The van der Waals surface area contributed by atoms with Crippen molar-refractivity contribution in [1.29, 1.82) is 0 Å². The largest absolute Gasteiger partial charge is 0.427 e. The van der Waals surface area contributed by atoms with Crippen LogP contribution in [0.15, 0.2) is 194 Å². The van der Waals surface area contributed by atoms with Gasteiger partial charge in [0.25, 0.3) is 0 Å². The molecule has 2 atom stereocenters. The SMILES string of the molecule is O=C(CCC1(CC2(CCC(=O)Oc3ccccc3)c3cc4ccccc4cc3-c3nc4ccccc4cc32)c2cc3ccccc3cc2-c2nc3ccccc3cc21)Oc1ccccc1. The molecule has 0 aliphatic heterocycles. The Morgan fingerprint density at radius 2 is 0.723 bits per heavy atom. The molecular weight excluding hydrogens is 801 g/mol. The molecule has 2 aromatic heterocycles. The number of ether oxygens (including phenoxy) is 2. The lowest BCUT2D eigenvalue weighted by Gasteiger charge is -2.42. The van der Waals surface area contributed by atoms with Crippen LogP contribution in [0, 0.1) is 0 Å². The summed E-state index contributed by atoms with van der Waals surface area (Å²) in [6.45, 7) is 0. The summed E-state index contributed by atoms with van der Waals surface area (Å²) in [4.78, 5) is 39.5. The van der Waals surface area contributed by atoms with Gasteiger partial charge in [-0.05, 0) is 136 Å². The highest BCUT2D eigenvalue weighted by Crippen LogP contribution is 2.63. The molecule has 2 aliphatic rings. The first-order chi connectivity index (χ1) is 31.9. The Hall–Kier alpha value is -7.96. The average molecular weight is 843 g/mol. The summed E-state index contributed by atoms with van der Waals surface area (Å²) in [6, 6.07) is 65.8. The maximum absolute atomic E-state index is 14.2. The Morgan fingerprint density at radius 1 is 0.385 bits per heavy atom. The molecular formula is C59H42N2O4. The van der Waals surface area contributed by atoms with Gasteiger partial charge >= 0.3 is 11.9 Å². The molecule has 0 saturated heterocycles. The molecule has 0 N–H and O–H groups in total. The minimum atomic E-state index is -0.805. The Labute approximate surface area is 376 Å². The molecule has 0 spiro atoms. The summed E-state index contributed by atoms with van der Waals surface area (Å²) in [5.74, 6) is 0.390. The molecule has 65 heavy (non-hydrogen) atoms. The molecule has 10 aromatic rings. The monoisotopic (exact) mass is 842 g/mol. The molecule has 2 heterocycles. The van der Waals surface area contributed by atoms with Gasteiger partial charge in [0.2, 0.25) is 0 Å². The number of carbonyl (C=O) groups is 2. The molecule has 0 radical (unpaired) electrons. The molecule has 0 amide bonds. The van der Waals surface area contributed by atoms with Crippen molar-refractivity contribution >= 4 is 55.3 Å². The van der Waals surface area contributed by atoms with Crippen LogP contribution in [0.25, 0.3) is 65.9 Å². The van der Waals surface area contributed by atoms with Gasteiger partial charge in [-0.15, -0.1) is 0 Å². The van der Waals surface area contributed by atoms with Crippen LogP contribution >= 0.6 is 0 Å². The van der Waals surface area contributed by atoms with Gasteiger partial charge in [-0.2, -0.15) is 0 Å². The van der Waals surface area contributed by atoms with Crippen molar-refractivity contribution in [2.45, 2.75) is 42.9 Å². The zero-order valence-corrected chi connectivity index (χ0v) is 35.5. The number of aromatic nitrogens is 2. The van der Waals surface area contributed by atoms with Crippen LogP contribution in [0.5, 0.6) is 11.5 Å². The number of esters is 2. The van der Waals surface area contributed by atoms with Crippen LogP contribution in [0.4, 0.5) is 0 Å². The van der Waals surface area contributed by atoms with E-state index in [9.17, 15) is 9.59 Å². The molecule has 12 rings (SSSR count). The lowest BCUT2D eigenvalue weighted by Crippen LogP contribution is -2.39. The number of nitrogens with zero attached hydrogens (tertiary/aromatic N) is 2. The van der Waals surface area contributed by atoms with E-state index in [0.717, 1.165) is 88.1 Å². The topological polar surface area (TPSA) is 78.4 Å². The highest BCUT2D eigenvalue weighted by molar-refractivity contribution is 5.98. The number of benzene rings is 8. The summed E-state index contributed by atoms with van der Waals surface area (Å²) >= 11 is 0. The first-order valence-corrected chi connectivity index (χ1v) is 22.3. The van der Waals surface area contributed by atoms with Crippen LogP contribution in [0.3, 0.4) is 0 Å². The molecule has 312 valence electrons. The van der Waals surface area contributed by atoms with Gasteiger partial charge in [-0.3, -0.25) is 9.59 Å². The molecule has 0 saturated carbocycles. The molecule has 0 bridgehead atoms. The van der Waals surface area contributed by atoms with E-state index in [1.165, 1.54) is 0 Å². The fraction of sp³-hybridized carbons (Fsp3) is 0.119. The number of rotatable bonds is 10. The fourth-order valence-corrected chi connectivity index (χ4v) is 10.9. The third-order valence-corrected chi connectivity index (χ3v) is 13.9. The van der Waals surface area contributed by atoms with Crippen molar-refractivity contribution < 1.29 is 19.1 Å². The number of hydrogen-bond donors (Lipinski definition) is 0. The molecule has 6 nitrogen and oxygen atoms in total. The maximum atomic E-state index is 14.2. The predicted octanol–water partition coefficient (Wildman–Crippen LogP) is 13.5.